The highest BCUT2D eigenvalue weighted by molar-refractivity contribution is 7.20. The summed E-state index contributed by atoms with van der Waals surface area (Å²) in [5.41, 5.74) is 2.62. The molecule has 0 aliphatic rings. The van der Waals surface area contributed by atoms with Crippen molar-refractivity contribution >= 4 is 38.4 Å². The molecule has 0 spiro atoms. The molecule has 4 aromatic rings. The van der Waals surface area contributed by atoms with Crippen LogP contribution in [0.25, 0.3) is 21.1 Å². The molecule has 1 aromatic carbocycles. The van der Waals surface area contributed by atoms with Crippen LogP contribution in [0.3, 0.4) is 0 Å². The Balaban J connectivity index is 1.55. The van der Waals surface area contributed by atoms with Gasteiger partial charge in [-0.1, -0.05) is 30.3 Å². The molecule has 144 valence electrons. The Morgan fingerprint density at radius 3 is 2.79 bits per heavy atom. The molecule has 4 rings (SSSR count). The van der Waals surface area contributed by atoms with Gasteiger partial charge in [0.1, 0.15) is 12.1 Å². The van der Waals surface area contributed by atoms with Crippen molar-refractivity contribution in [3.05, 3.63) is 63.4 Å². The van der Waals surface area contributed by atoms with Gasteiger partial charge in [-0.3, -0.25) is 9.59 Å². The van der Waals surface area contributed by atoms with E-state index in [1.807, 2.05) is 41.8 Å². The third-order valence-electron chi connectivity index (χ3n) is 4.85. The van der Waals surface area contributed by atoms with Crippen molar-refractivity contribution in [2.45, 2.75) is 33.4 Å². The summed E-state index contributed by atoms with van der Waals surface area (Å²) in [4.78, 5) is 26.5. The predicted molar refractivity (Wildman–Crippen MR) is 113 cm³/mol. The van der Waals surface area contributed by atoms with Gasteiger partial charge in [-0.2, -0.15) is 5.10 Å². The van der Waals surface area contributed by atoms with E-state index in [2.05, 4.69) is 23.4 Å². The molecule has 1 amide bonds. The number of benzene rings is 1. The van der Waals surface area contributed by atoms with E-state index in [0.717, 1.165) is 27.6 Å². The lowest BCUT2D eigenvalue weighted by molar-refractivity contribution is -0.121. The number of hydrogen-bond donors (Lipinski definition) is 1. The van der Waals surface area contributed by atoms with Gasteiger partial charge in [-0.25, -0.2) is 4.68 Å². The first-order valence-corrected chi connectivity index (χ1v) is 10.2. The molecule has 0 radical (unpaired) electrons. The molecule has 0 aliphatic heterocycles. The zero-order chi connectivity index (χ0) is 19.7. The van der Waals surface area contributed by atoms with E-state index in [1.165, 1.54) is 9.56 Å². The summed E-state index contributed by atoms with van der Waals surface area (Å²) in [6.07, 6.45) is 2.46. The summed E-state index contributed by atoms with van der Waals surface area (Å²) in [5, 5.41) is 7.99. The van der Waals surface area contributed by atoms with E-state index in [9.17, 15) is 9.59 Å². The van der Waals surface area contributed by atoms with E-state index >= 15 is 0 Å². The first-order valence-electron chi connectivity index (χ1n) is 9.37. The molecular weight excluding hydrogens is 372 g/mol. The number of fused-ring (bicyclic) bond motifs is 3. The summed E-state index contributed by atoms with van der Waals surface area (Å²) in [6, 6.07) is 12.1. The van der Waals surface area contributed by atoms with Gasteiger partial charge in [0, 0.05) is 23.4 Å². The summed E-state index contributed by atoms with van der Waals surface area (Å²) < 4.78 is 4.35. The molecule has 0 saturated heterocycles. The number of thiophene rings is 1. The second-order valence-electron chi connectivity index (χ2n) is 6.77. The van der Waals surface area contributed by atoms with Crippen LogP contribution in [0.15, 0.2) is 47.4 Å². The van der Waals surface area contributed by atoms with E-state index in [4.69, 9.17) is 0 Å². The molecular formula is C21H22N4O2S. The van der Waals surface area contributed by atoms with Crippen LogP contribution in [0.4, 0.5) is 0 Å². The van der Waals surface area contributed by atoms with Gasteiger partial charge in [0.05, 0.1) is 16.4 Å². The third kappa shape index (κ3) is 3.33. The summed E-state index contributed by atoms with van der Waals surface area (Å²) in [5.74, 6) is -0.211. The van der Waals surface area contributed by atoms with Crippen molar-refractivity contribution in [2.24, 2.45) is 0 Å². The maximum atomic E-state index is 13.0. The number of hydrogen-bond acceptors (Lipinski definition) is 4. The molecule has 28 heavy (non-hydrogen) atoms. The second kappa shape index (κ2) is 7.59. The maximum absolute atomic E-state index is 13.0. The fourth-order valence-corrected chi connectivity index (χ4v) is 4.57. The molecule has 0 aliphatic carbocycles. The Morgan fingerprint density at radius 1 is 1.25 bits per heavy atom. The minimum Gasteiger partial charge on any atom is -0.354 e. The number of aryl methyl sites for hydroxylation is 2. The van der Waals surface area contributed by atoms with E-state index in [0.29, 0.717) is 18.6 Å². The molecule has 0 saturated carbocycles. The van der Waals surface area contributed by atoms with Gasteiger partial charge in [0.25, 0.3) is 5.56 Å². The van der Waals surface area contributed by atoms with Crippen LogP contribution in [-0.4, -0.2) is 26.8 Å². The van der Waals surface area contributed by atoms with Crippen LogP contribution in [0, 0.1) is 6.92 Å². The highest BCUT2D eigenvalue weighted by atomic mass is 32.1. The Kier molecular flexibility index (Phi) is 5.00. The molecule has 7 heteroatoms. The number of rotatable bonds is 6. The molecule has 3 heterocycles. The monoisotopic (exact) mass is 394 g/mol. The van der Waals surface area contributed by atoms with Crippen LogP contribution >= 0.6 is 11.3 Å². The lowest BCUT2D eigenvalue weighted by Crippen LogP contribution is -2.35. The van der Waals surface area contributed by atoms with E-state index in [-0.39, 0.29) is 18.0 Å². The Hall–Kier alpha value is -2.93. The zero-order valence-corrected chi connectivity index (χ0v) is 16.8. The average molecular weight is 395 g/mol. The zero-order valence-electron chi connectivity index (χ0n) is 15.9. The summed E-state index contributed by atoms with van der Waals surface area (Å²) in [7, 11) is 0. The fourth-order valence-electron chi connectivity index (χ4n) is 3.54. The number of amides is 1. The van der Waals surface area contributed by atoms with Crippen molar-refractivity contribution in [3.8, 4) is 0 Å². The summed E-state index contributed by atoms with van der Waals surface area (Å²) in [6.45, 7) is 5.22. The maximum Gasteiger partial charge on any atom is 0.291 e. The topological polar surface area (TPSA) is 68.9 Å². The highest BCUT2D eigenvalue weighted by Crippen LogP contribution is 2.33. The molecule has 3 aromatic heterocycles. The summed E-state index contributed by atoms with van der Waals surface area (Å²) >= 11 is 1.67. The number of nitrogens with zero attached hydrogens (tertiary/aromatic N) is 3. The second-order valence-corrected chi connectivity index (χ2v) is 8.03. The number of carbonyl (C=O) groups is 1. The lowest BCUT2D eigenvalue weighted by Gasteiger charge is -2.08. The van der Waals surface area contributed by atoms with Crippen molar-refractivity contribution in [1.29, 1.82) is 0 Å². The molecule has 1 N–H and O–H groups in total. The van der Waals surface area contributed by atoms with Gasteiger partial charge in [-0.05, 0) is 31.9 Å². The molecule has 6 nitrogen and oxygen atoms in total. The van der Waals surface area contributed by atoms with Crippen LogP contribution in [0.1, 0.15) is 17.4 Å². The first kappa shape index (κ1) is 18.4. The van der Waals surface area contributed by atoms with Crippen LogP contribution < -0.4 is 10.9 Å². The lowest BCUT2D eigenvalue weighted by atomic mass is 10.1. The minimum absolute atomic E-state index is 0.0782. The van der Waals surface area contributed by atoms with Gasteiger partial charge in [-0.15, -0.1) is 11.3 Å². The third-order valence-corrected chi connectivity index (χ3v) is 5.92. The van der Waals surface area contributed by atoms with Crippen molar-refractivity contribution in [1.82, 2.24) is 19.7 Å². The Bertz CT molecular complexity index is 1200. The molecule has 0 atom stereocenters. The minimum atomic E-state index is -0.224. The van der Waals surface area contributed by atoms with Gasteiger partial charge < -0.3 is 9.88 Å². The van der Waals surface area contributed by atoms with Crippen molar-refractivity contribution < 1.29 is 4.79 Å². The normalized spacial score (nSPS) is 11.4. The smallest absolute Gasteiger partial charge is 0.291 e. The predicted octanol–water partition coefficient (Wildman–Crippen LogP) is 3.10. The Labute approximate surface area is 166 Å². The largest absolute Gasteiger partial charge is 0.354 e. The number of aromatic nitrogens is 3. The van der Waals surface area contributed by atoms with Crippen LogP contribution in [-0.2, 0) is 24.3 Å². The first-order chi connectivity index (χ1) is 13.6. The molecule has 0 unspecified atom stereocenters. The standard InChI is InChI=1S/C21H22N4O2S/c1-3-24-17-11-14(2)28-20(17)16-12-23-25(21(27)19(16)24)13-18(26)22-10-9-15-7-5-4-6-8-15/h4-8,11-12H,3,9-10,13H2,1-2H3,(H,22,26). The Morgan fingerprint density at radius 2 is 2.04 bits per heavy atom. The number of nitrogens with one attached hydrogen (secondary N) is 1. The average Bonchev–Trinajstić information content (AvgIpc) is 3.20. The van der Waals surface area contributed by atoms with E-state index in [1.54, 1.807) is 17.5 Å². The van der Waals surface area contributed by atoms with Crippen molar-refractivity contribution in [3.63, 3.8) is 0 Å². The quantitative estimate of drug-likeness (QED) is 0.546. The fraction of sp³-hybridized carbons (Fsp3) is 0.286. The highest BCUT2D eigenvalue weighted by Gasteiger charge is 2.18. The molecule has 0 fully saturated rings. The van der Waals surface area contributed by atoms with Crippen LogP contribution in [0.5, 0.6) is 0 Å². The van der Waals surface area contributed by atoms with Gasteiger partial charge in [0.2, 0.25) is 5.91 Å². The molecule has 0 bridgehead atoms. The van der Waals surface area contributed by atoms with Crippen LogP contribution in [0.2, 0.25) is 0 Å². The van der Waals surface area contributed by atoms with E-state index < -0.39 is 0 Å². The number of carbonyl (C=O) groups excluding carboxylic acids is 1. The van der Waals surface area contributed by atoms with Crippen molar-refractivity contribution in [2.75, 3.05) is 6.54 Å². The SMILES string of the molecule is CCn1c2cc(C)sc2c2cnn(CC(=O)NCCc3ccccc3)c(=O)c21. The van der Waals surface area contributed by atoms with Gasteiger partial charge in [0.15, 0.2) is 0 Å². The van der Waals surface area contributed by atoms with Gasteiger partial charge >= 0.3 is 0 Å².